The van der Waals surface area contributed by atoms with Crippen LogP contribution in [0.5, 0.6) is 0 Å². The van der Waals surface area contributed by atoms with Crippen LogP contribution in [-0.2, 0) is 129 Å². The molecule has 6 aliphatic heterocycles. The summed E-state index contributed by atoms with van der Waals surface area (Å²) in [6, 6.07) is 8.07. The first kappa shape index (κ1) is 87.1. The van der Waals surface area contributed by atoms with Gasteiger partial charge in [0.05, 0.1) is 141 Å². The molecule has 12 N–H and O–H groups in total. The molecule has 3 saturated carbocycles. The first-order chi connectivity index (χ1) is 59.7. The van der Waals surface area contributed by atoms with Gasteiger partial charge in [0.2, 0.25) is 11.8 Å². The van der Waals surface area contributed by atoms with E-state index in [0.717, 1.165) is 85.5 Å². The number of ether oxygens (including phenoxy) is 3. The van der Waals surface area contributed by atoms with Gasteiger partial charge in [-0.2, -0.15) is 8.42 Å². The molecule has 12 aliphatic rings. The fourth-order valence-corrected chi connectivity index (χ4v) is 20.8. The average molecular weight is 1760 g/mol. The van der Waals surface area contributed by atoms with E-state index in [-0.39, 0.29) is 164 Å². The van der Waals surface area contributed by atoms with E-state index in [2.05, 4.69) is 10.6 Å². The van der Waals surface area contributed by atoms with E-state index < -0.39 is 79.1 Å². The minimum atomic E-state index is -3.67. The summed E-state index contributed by atoms with van der Waals surface area (Å²) >= 11 is 0. The van der Waals surface area contributed by atoms with E-state index in [1.54, 1.807) is 73.4 Å². The number of aliphatic hydroxyl groups excluding tert-OH is 3. The monoisotopic (exact) mass is 1760 g/mol. The number of hydrogen-bond donors (Lipinski definition) is 11. The first-order valence-corrected chi connectivity index (χ1v) is 44.4. The fourth-order valence-electron chi connectivity index (χ4n) is 20.8. The van der Waals surface area contributed by atoms with Gasteiger partial charge in [0, 0.05) is 73.8 Å². The van der Waals surface area contributed by atoms with Gasteiger partial charge >= 0.3 is 23.9 Å². The highest BCUT2D eigenvalue weighted by molar-refractivity contribution is 7.85. The number of nitrogens with one attached hydrogen (secondary N) is 2. The molecule has 21 rings (SSSR count). The Labute approximate surface area is 717 Å². The first-order valence-electron chi connectivity index (χ1n) is 42.5. The molecule has 6 aromatic heterocycles. The van der Waals surface area contributed by atoms with E-state index in [1.165, 1.54) is 18.2 Å². The quantitative estimate of drug-likeness (QED) is 0.0334. The maximum absolute atomic E-state index is 15.1. The lowest BCUT2D eigenvalue weighted by molar-refractivity contribution is -0.172. The molecule has 3 fully saturated rings. The van der Waals surface area contributed by atoms with Crippen LogP contribution >= 0.6 is 0 Å². The van der Waals surface area contributed by atoms with Crippen molar-refractivity contribution in [2.24, 2.45) is 22.0 Å². The van der Waals surface area contributed by atoms with Crippen LogP contribution in [0, 0.1) is 54.5 Å². The molecule has 9 aromatic rings. The van der Waals surface area contributed by atoms with Crippen LogP contribution in [0.15, 0.2) is 50.8 Å². The Balaban J connectivity index is 0.000000124. The highest BCUT2D eigenvalue weighted by Crippen LogP contribution is 2.53. The van der Waals surface area contributed by atoms with Crippen molar-refractivity contribution in [3.63, 3.8) is 0 Å². The summed E-state index contributed by atoms with van der Waals surface area (Å²) in [5.41, 5.74) is 12.1. The van der Waals surface area contributed by atoms with Crippen LogP contribution in [0.3, 0.4) is 0 Å². The number of hydrogen-bond acceptors (Lipinski definition) is 24. The Morgan fingerprint density at radius 1 is 0.476 bits per heavy atom. The number of esters is 3. The van der Waals surface area contributed by atoms with E-state index in [1.807, 2.05) is 0 Å². The summed E-state index contributed by atoms with van der Waals surface area (Å²) in [4.78, 5) is 130. The second-order valence-corrected chi connectivity index (χ2v) is 37.1. The summed E-state index contributed by atoms with van der Waals surface area (Å²) in [7, 11) is -3.67. The maximum atomic E-state index is 15.1. The van der Waals surface area contributed by atoms with E-state index in [0.29, 0.717) is 151 Å². The third-order valence-electron chi connectivity index (χ3n) is 29.0. The molecule has 0 radical (unpaired) electrons. The Hall–Kier alpha value is -11.0. The van der Waals surface area contributed by atoms with Gasteiger partial charge in [-0.25, -0.2) is 42.5 Å². The average Bonchev–Trinajstić information content (AvgIpc) is 1.58. The van der Waals surface area contributed by atoms with Crippen molar-refractivity contribution in [3.05, 3.63) is 185 Å². The number of aliphatic carboxylic acids is 1. The van der Waals surface area contributed by atoms with Gasteiger partial charge in [0.15, 0.2) is 16.8 Å². The van der Waals surface area contributed by atoms with Gasteiger partial charge in [-0.1, -0.05) is 40.0 Å². The topological polar surface area (TPSA) is 481 Å². The number of nitrogens with two attached hydrogens (primary N) is 1. The van der Waals surface area contributed by atoms with Crippen molar-refractivity contribution in [2.45, 2.75) is 232 Å². The smallest absolute Gasteiger partial charge is 0.343 e. The number of amides is 2. The van der Waals surface area contributed by atoms with Crippen molar-refractivity contribution in [1.82, 2.24) is 39.3 Å². The lowest BCUT2D eigenvalue weighted by atomic mass is 9.68. The van der Waals surface area contributed by atoms with Crippen LogP contribution in [0.2, 0.25) is 0 Å². The number of aryl methyl sites for hydroxylation is 3. The third kappa shape index (κ3) is 13.3. The molecule has 126 heavy (non-hydrogen) atoms. The van der Waals surface area contributed by atoms with Crippen molar-refractivity contribution < 1.29 is 105 Å². The number of benzene rings is 3. The predicted octanol–water partition coefficient (Wildman–Crippen LogP) is 7.80. The number of nitrogens with zero attached hydrogens (tertiary/aromatic N) is 6. The number of rotatable bonds is 11. The highest BCUT2D eigenvalue weighted by atomic mass is 32.2. The molecular weight excluding hydrogens is 1660 g/mol. The molecule has 2 amide bonds. The van der Waals surface area contributed by atoms with Crippen LogP contribution in [0.25, 0.3) is 66.9 Å². The van der Waals surface area contributed by atoms with E-state index in [4.69, 9.17) is 49.7 Å². The fraction of sp³-hybridized carbons (Fsp3) is 0.473. The molecule has 664 valence electrons. The number of pyridine rings is 6. The van der Waals surface area contributed by atoms with Crippen molar-refractivity contribution in [1.29, 1.82) is 0 Å². The van der Waals surface area contributed by atoms with Gasteiger partial charge in [-0.3, -0.25) is 33.3 Å². The Bertz CT molecular complexity index is 6370. The van der Waals surface area contributed by atoms with Crippen LogP contribution in [0.1, 0.15) is 235 Å². The lowest BCUT2D eigenvalue weighted by Crippen LogP contribution is -2.49. The van der Waals surface area contributed by atoms with Gasteiger partial charge < -0.3 is 80.0 Å². The Morgan fingerprint density at radius 2 is 0.762 bits per heavy atom. The molecule has 35 heteroatoms. The normalized spacial score (nSPS) is 22.9. The number of carbonyl (C=O) groups is 6. The zero-order valence-electron chi connectivity index (χ0n) is 70.4. The van der Waals surface area contributed by atoms with Gasteiger partial charge in [-0.05, 0) is 185 Å². The van der Waals surface area contributed by atoms with Crippen molar-refractivity contribution in [3.8, 4) is 34.2 Å². The lowest BCUT2D eigenvalue weighted by Gasteiger charge is -2.40. The van der Waals surface area contributed by atoms with Crippen molar-refractivity contribution >= 4 is 78.5 Å². The molecule has 31 nitrogen and oxygen atoms in total. The van der Waals surface area contributed by atoms with Crippen LogP contribution < -0.4 is 33.0 Å². The van der Waals surface area contributed by atoms with Crippen molar-refractivity contribution in [2.75, 3.05) is 26.1 Å². The van der Waals surface area contributed by atoms with Crippen LogP contribution in [-0.4, -0.2) is 139 Å². The summed E-state index contributed by atoms with van der Waals surface area (Å²) in [6.07, 6.45) is 10.9. The largest absolute Gasteiger partial charge is 0.481 e. The Morgan fingerprint density at radius 3 is 1.02 bits per heavy atom. The van der Waals surface area contributed by atoms with E-state index >= 15 is 8.78 Å². The summed E-state index contributed by atoms with van der Waals surface area (Å²) in [5, 5.41) is 79.4. The zero-order chi connectivity index (χ0) is 90.2. The number of cyclic esters (lactones) is 3. The molecule has 3 aromatic carbocycles. The number of aliphatic hydroxyl groups is 6. The minimum Gasteiger partial charge on any atom is -0.481 e. The molecule has 0 saturated heterocycles. The highest BCUT2D eigenvalue weighted by Gasteiger charge is 2.53. The SMILES string of the molecule is CC[C@@]1(O)C(=O)OCc2c1cc1n(c2=O)Cc2c-1nc1cc(F)c(C)c3c1c2[C@@H](N)CC3.CC[C@@]1(O)C(=O)OCc2c1cc1n(c2=O)Cc2c-1nc1cc(F)c(C)c3c1c2[C@@H](NC(=O)C1(CO)CCC1)CC3.CC[C@@]1(O)C(=O)OCc2c1cc1n(c2=O)Cc2c-1nc1cc(F)c(C)c3c1c2[C@@H](NC(=O)C1(CO)CCC1)CC3.CS(=O)(=O)O.O=C(O)C1(CO)CCC1. The second kappa shape index (κ2) is 31.2. The van der Waals surface area contributed by atoms with E-state index in [9.17, 15) is 81.5 Å². The standard InChI is InChI=1S/2C30H30FN3O6.C24H22FN3O4.C6H10O3.CH4O3S/c2*1-3-30(39)18-9-22-25-16(11-34(22)26(36)17(18)12-40-28(30)38)24-20(33-27(37)29(13-35)7-4-8-29)6-5-15-14(2)19(31)10-21(32-25)23(15)24;1-3-24(31)14-6-18-21-12(8-28(18)22(29)13(14)9-32-23(24)30)19-16(26)5-4-11-10(2)15(25)7-17(27-21)20(11)19;7-4-6(5(8)9)2-1-3-6;1-5(2,3)4/h2*9-10,20,35,39H,3-8,11-13H2,1-2H3,(H,33,37);6-7,16,31H,3-5,8-9,26H2,1-2H3;7H,1-4H2,(H,8,9);1H3,(H,2,3,4)/t2*20-,30-;16-,24-;;/m000../s1. The number of fused-ring (bicyclic) bond motifs is 15. The predicted molar refractivity (Wildman–Crippen MR) is 447 cm³/mol. The molecule has 12 heterocycles. The zero-order valence-corrected chi connectivity index (χ0v) is 71.2. The second-order valence-electron chi connectivity index (χ2n) is 35.6. The number of aromatic nitrogens is 6. The Kier molecular flexibility index (Phi) is 21.6. The number of carboxylic acid groups (broad SMARTS) is 1. The third-order valence-corrected chi connectivity index (χ3v) is 29.0. The number of carboxylic acids is 1. The molecule has 0 spiro atoms. The van der Waals surface area contributed by atoms with Gasteiger partial charge in [0.25, 0.3) is 26.8 Å². The summed E-state index contributed by atoms with van der Waals surface area (Å²) < 4.78 is 90.8. The summed E-state index contributed by atoms with van der Waals surface area (Å²) in [6.45, 7) is 9.57. The number of carbonyl (C=O) groups excluding carboxylic acids is 5. The van der Waals surface area contributed by atoms with Gasteiger partial charge in [-0.15, -0.1) is 0 Å². The number of halogens is 3. The minimum absolute atomic E-state index is 0.0273. The summed E-state index contributed by atoms with van der Waals surface area (Å²) in [5.74, 6) is -4.67. The molecule has 0 bridgehead atoms. The van der Waals surface area contributed by atoms with Gasteiger partial charge in [0.1, 0.15) is 37.3 Å². The molecular formula is C91H96F3N9O22S. The van der Waals surface area contributed by atoms with Crippen LogP contribution in [0.4, 0.5) is 13.2 Å². The molecule has 0 unspecified atom stereocenters. The molecule has 6 aliphatic carbocycles. The maximum Gasteiger partial charge on any atom is 0.343 e. The molecule has 6 atom stereocenters.